The Morgan fingerprint density at radius 3 is 2.48 bits per heavy atom. The van der Waals surface area contributed by atoms with Crippen molar-refractivity contribution in [1.29, 1.82) is 0 Å². The third-order valence-corrected chi connectivity index (χ3v) is 4.14. The summed E-state index contributed by atoms with van der Waals surface area (Å²) in [5.41, 5.74) is 2.68. The average molecular weight is 382 g/mol. The molecule has 1 aliphatic rings. The van der Waals surface area contributed by atoms with Gasteiger partial charge >= 0.3 is 0 Å². The number of rotatable bonds is 5. The maximum absolute atomic E-state index is 12.1. The molecule has 0 aliphatic carbocycles. The van der Waals surface area contributed by atoms with Crippen LogP contribution in [-0.4, -0.2) is 24.0 Å². The van der Waals surface area contributed by atoms with Crippen LogP contribution in [0, 0.1) is 6.92 Å². The van der Waals surface area contributed by atoms with E-state index in [0.717, 1.165) is 11.1 Å². The molecule has 1 heterocycles. The van der Waals surface area contributed by atoms with Crippen molar-refractivity contribution < 1.29 is 19.1 Å². The largest absolute Gasteiger partial charge is 0.497 e. The van der Waals surface area contributed by atoms with Crippen molar-refractivity contribution in [2.45, 2.75) is 13.5 Å². The third kappa shape index (κ3) is 4.51. The van der Waals surface area contributed by atoms with Crippen LogP contribution in [0.5, 0.6) is 11.5 Å². The number of nitrogens with one attached hydrogen (secondary N) is 2. The quantitative estimate of drug-likeness (QED) is 0.472. The summed E-state index contributed by atoms with van der Waals surface area (Å²) in [4.78, 5) is 24.2. The van der Waals surface area contributed by atoms with Crippen LogP contribution in [0.1, 0.15) is 16.7 Å². The first-order valence-electron chi connectivity index (χ1n) is 8.21. The highest BCUT2D eigenvalue weighted by Crippen LogP contribution is 2.28. The van der Waals surface area contributed by atoms with Crippen LogP contribution in [0.4, 0.5) is 0 Å². The molecule has 0 unspecified atom stereocenters. The van der Waals surface area contributed by atoms with Gasteiger partial charge in [-0.2, -0.15) is 0 Å². The van der Waals surface area contributed by atoms with E-state index >= 15 is 0 Å². The summed E-state index contributed by atoms with van der Waals surface area (Å²) in [7, 11) is 1.56. The normalized spacial score (nSPS) is 13.7. The van der Waals surface area contributed by atoms with E-state index in [4.69, 9.17) is 21.7 Å². The average Bonchev–Trinajstić information content (AvgIpc) is 2.63. The Hall–Kier alpha value is -3.19. The molecule has 6 nitrogen and oxygen atoms in total. The molecule has 1 fully saturated rings. The molecule has 2 amide bonds. The van der Waals surface area contributed by atoms with Crippen molar-refractivity contribution in [3.05, 3.63) is 64.7 Å². The van der Waals surface area contributed by atoms with E-state index in [0.29, 0.717) is 23.7 Å². The molecule has 0 bridgehead atoms. The summed E-state index contributed by atoms with van der Waals surface area (Å²) in [6.45, 7) is 2.35. The fourth-order valence-corrected chi connectivity index (χ4v) is 2.80. The van der Waals surface area contributed by atoms with Gasteiger partial charge in [0.1, 0.15) is 23.7 Å². The molecule has 0 saturated carbocycles. The minimum Gasteiger partial charge on any atom is -0.497 e. The Bertz CT molecular complexity index is 931. The van der Waals surface area contributed by atoms with E-state index in [2.05, 4.69) is 10.6 Å². The maximum Gasteiger partial charge on any atom is 0.263 e. The lowest BCUT2D eigenvalue weighted by atomic mass is 10.1. The maximum atomic E-state index is 12.1. The predicted molar refractivity (Wildman–Crippen MR) is 105 cm³/mol. The number of thiocarbonyl (C=S) groups is 1. The van der Waals surface area contributed by atoms with E-state index in [1.165, 1.54) is 6.08 Å². The lowest BCUT2D eigenvalue weighted by Gasteiger charge is -2.17. The summed E-state index contributed by atoms with van der Waals surface area (Å²) in [5, 5.41) is 4.82. The standard InChI is InChI=1S/C20H18N2O4S/c1-12-4-3-5-13(8-12)11-26-17-10-15(25-2)7-6-14(17)9-16-18(23)21-20(27)22-19(16)24/h3-10H,11H2,1-2H3,(H2,21,22,23,24,27). The number of carbonyl (C=O) groups excluding carboxylic acids is 2. The molecule has 0 spiro atoms. The first-order chi connectivity index (χ1) is 13.0. The highest BCUT2D eigenvalue weighted by molar-refractivity contribution is 7.80. The second kappa shape index (κ2) is 8.01. The molecule has 138 valence electrons. The minimum atomic E-state index is -0.552. The zero-order valence-electron chi connectivity index (χ0n) is 14.9. The number of carbonyl (C=O) groups is 2. The number of benzene rings is 2. The summed E-state index contributed by atoms with van der Waals surface area (Å²) < 4.78 is 11.2. The van der Waals surface area contributed by atoms with Gasteiger partial charge in [-0.3, -0.25) is 20.2 Å². The summed E-state index contributed by atoms with van der Waals surface area (Å²) >= 11 is 4.81. The number of ether oxygens (including phenoxy) is 2. The molecule has 0 atom stereocenters. The number of amides is 2. The summed E-state index contributed by atoms with van der Waals surface area (Å²) in [6.07, 6.45) is 1.47. The van der Waals surface area contributed by atoms with Crippen molar-refractivity contribution in [3.63, 3.8) is 0 Å². The SMILES string of the molecule is COc1ccc(C=C2C(=O)NC(=S)NC2=O)c(OCc2cccc(C)c2)c1. The molecular weight excluding hydrogens is 364 g/mol. The van der Waals surface area contributed by atoms with Crippen molar-refractivity contribution in [2.75, 3.05) is 7.11 Å². The van der Waals surface area contributed by atoms with E-state index in [-0.39, 0.29) is 10.7 Å². The number of hydrogen-bond donors (Lipinski definition) is 2. The van der Waals surface area contributed by atoms with Crippen molar-refractivity contribution in [3.8, 4) is 11.5 Å². The van der Waals surface area contributed by atoms with Crippen LogP contribution in [-0.2, 0) is 16.2 Å². The first kappa shape index (κ1) is 18.6. The topological polar surface area (TPSA) is 76.7 Å². The highest BCUT2D eigenvalue weighted by Gasteiger charge is 2.26. The van der Waals surface area contributed by atoms with Gasteiger partial charge in [0.05, 0.1) is 7.11 Å². The van der Waals surface area contributed by atoms with Gasteiger partial charge < -0.3 is 9.47 Å². The van der Waals surface area contributed by atoms with Gasteiger partial charge in [0, 0.05) is 11.6 Å². The monoisotopic (exact) mass is 382 g/mol. The molecular formula is C20H18N2O4S. The Morgan fingerprint density at radius 2 is 1.81 bits per heavy atom. The second-order valence-electron chi connectivity index (χ2n) is 5.98. The first-order valence-corrected chi connectivity index (χ1v) is 8.62. The molecule has 2 N–H and O–H groups in total. The summed E-state index contributed by atoms with van der Waals surface area (Å²) in [6, 6.07) is 13.1. The molecule has 7 heteroatoms. The zero-order valence-corrected chi connectivity index (χ0v) is 15.7. The zero-order chi connectivity index (χ0) is 19.4. The third-order valence-electron chi connectivity index (χ3n) is 3.94. The smallest absolute Gasteiger partial charge is 0.263 e. The lowest BCUT2D eigenvalue weighted by Crippen LogP contribution is -2.51. The van der Waals surface area contributed by atoms with Gasteiger partial charge in [-0.25, -0.2) is 0 Å². The van der Waals surface area contributed by atoms with Crippen LogP contribution in [0.2, 0.25) is 0 Å². The molecule has 2 aromatic rings. The Morgan fingerprint density at radius 1 is 1.07 bits per heavy atom. The van der Waals surface area contributed by atoms with Gasteiger partial charge in [-0.15, -0.1) is 0 Å². The van der Waals surface area contributed by atoms with Gasteiger partial charge in [0.25, 0.3) is 11.8 Å². The van der Waals surface area contributed by atoms with E-state index < -0.39 is 11.8 Å². The van der Waals surface area contributed by atoms with E-state index in [1.807, 2.05) is 31.2 Å². The van der Waals surface area contributed by atoms with E-state index in [9.17, 15) is 9.59 Å². The molecule has 3 rings (SSSR count). The number of hydrogen-bond acceptors (Lipinski definition) is 5. The second-order valence-corrected chi connectivity index (χ2v) is 6.39. The highest BCUT2D eigenvalue weighted by atomic mass is 32.1. The van der Waals surface area contributed by atoms with Crippen molar-refractivity contribution in [1.82, 2.24) is 10.6 Å². The molecule has 1 aliphatic heterocycles. The Balaban J connectivity index is 1.91. The molecule has 1 saturated heterocycles. The molecule has 2 aromatic carbocycles. The predicted octanol–water partition coefficient (Wildman–Crippen LogP) is 2.50. The molecule has 0 aromatic heterocycles. The molecule has 27 heavy (non-hydrogen) atoms. The lowest BCUT2D eigenvalue weighted by molar-refractivity contribution is -0.123. The fourth-order valence-electron chi connectivity index (χ4n) is 2.61. The van der Waals surface area contributed by atoms with Gasteiger partial charge in [-0.05, 0) is 42.9 Å². The van der Waals surface area contributed by atoms with E-state index in [1.54, 1.807) is 25.3 Å². The minimum absolute atomic E-state index is 0.00666. The molecule has 0 radical (unpaired) electrons. The van der Waals surface area contributed by atoms with Crippen LogP contribution in [0.3, 0.4) is 0 Å². The van der Waals surface area contributed by atoms with Crippen LogP contribution in [0.15, 0.2) is 48.0 Å². The van der Waals surface area contributed by atoms with Crippen LogP contribution in [0.25, 0.3) is 6.08 Å². The number of methoxy groups -OCH3 is 1. The van der Waals surface area contributed by atoms with Gasteiger partial charge in [-0.1, -0.05) is 29.8 Å². The Labute approximate surface area is 162 Å². The number of aryl methyl sites for hydroxylation is 1. The fraction of sp³-hybridized carbons (Fsp3) is 0.150. The van der Waals surface area contributed by atoms with Crippen molar-refractivity contribution in [2.24, 2.45) is 0 Å². The summed E-state index contributed by atoms with van der Waals surface area (Å²) in [5.74, 6) is 0.000581. The van der Waals surface area contributed by atoms with Crippen LogP contribution >= 0.6 is 12.2 Å². The van der Waals surface area contributed by atoms with Crippen molar-refractivity contribution >= 4 is 35.2 Å². The Kier molecular flexibility index (Phi) is 5.52. The van der Waals surface area contributed by atoms with Gasteiger partial charge in [0.15, 0.2) is 5.11 Å². The van der Waals surface area contributed by atoms with Crippen LogP contribution < -0.4 is 20.1 Å². The van der Waals surface area contributed by atoms with Gasteiger partial charge in [0.2, 0.25) is 0 Å².